The molecular weight excluding hydrogens is 322 g/mol. The number of hydrogen-bond donors (Lipinski definition) is 3. The summed E-state index contributed by atoms with van der Waals surface area (Å²) in [5.74, 6) is -1.16. The average molecular weight is 349 g/mol. The Kier molecular flexibility index (Phi) is 7.21. The van der Waals surface area contributed by atoms with Crippen LogP contribution in [0.5, 0.6) is 0 Å². The van der Waals surface area contributed by atoms with Crippen LogP contribution in [0.1, 0.15) is 25.8 Å². The van der Waals surface area contributed by atoms with Crippen molar-refractivity contribution >= 4 is 17.7 Å². The molecular formula is C18H27N3O4. The molecule has 2 rings (SSSR count). The number of carbonyl (C=O) groups is 2. The summed E-state index contributed by atoms with van der Waals surface area (Å²) in [7, 11) is 0. The molecule has 0 saturated carbocycles. The first kappa shape index (κ1) is 19.2. The van der Waals surface area contributed by atoms with Crippen LogP contribution in [0.15, 0.2) is 24.3 Å². The zero-order valence-corrected chi connectivity index (χ0v) is 14.8. The predicted molar refractivity (Wildman–Crippen MR) is 95.6 cm³/mol. The summed E-state index contributed by atoms with van der Waals surface area (Å²) in [6, 6.07) is 6.19. The molecule has 1 aliphatic heterocycles. The highest BCUT2D eigenvalue weighted by molar-refractivity contribution is 5.92. The molecule has 1 saturated heterocycles. The SMILES string of the molecule is CCC(C)C(NC(=O)Nc1ccc(CN2CCOCC2)cc1)C(=O)O. The summed E-state index contributed by atoms with van der Waals surface area (Å²) in [4.78, 5) is 25.6. The van der Waals surface area contributed by atoms with Crippen LogP contribution in [0.25, 0.3) is 0 Å². The standard InChI is InChI=1S/C18H27N3O4/c1-3-13(2)16(17(22)23)20-18(24)19-15-6-4-14(5-7-15)12-21-8-10-25-11-9-21/h4-7,13,16H,3,8-12H2,1-2H3,(H,22,23)(H2,19,20,24). The summed E-state index contributed by atoms with van der Waals surface area (Å²) in [6.07, 6.45) is 0.674. The van der Waals surface area contributed by atoms with E-state index in [1.165, 1.54) is 0 Å². The molecule has 138 valence electrons. The van der Waals surface area contributed by atoms with E-state index in [1.807, 2.05) is 31.2 Å². The Morgan fingerprint density at radius 2 is 1.88 bits per heavy atom. The number of rotatable bonds is 7. The first-order valence-electron chi connectivity index (χ1n) is 8.69. The van der Waals surface area contributed by atoms with E-state index < -0.39 is 18.0 Å². The number of carboxylic acid groups (broad SMARTS) is 1. The Bertz CT molecular complexity index is 570. The van der Waals surface area contributed by atoms with Crippen molar-refractivity contribution in [1.29, 1.82) is 0 Å². The molecule has 0 radical (unpaired) electrons. The van der Waals surface area contributed by atoms with E-state index in [1.54, 1.807) is 6.92 Å². The van der Waals surface area contributed by atoms with Crippen molar-refractivity contribution in [2.45, 2.75) is 32.9 Å². The average Bonchev–Trinajstić information content (AvgIpc) is 2.61. The van der Waals surface area contributed by atoms with E-state index in [0.29, 0.717) is 12.1 Å². The third-order valence-electron chi connectivity index (χ3n) is 4.49. The highest BCUT2D eigenvalue weighted by atomic mass is 16.5. The van der Waals surface area contributed by atoms with Gasteiger partial charge in [0.15, 0.2) is 0 Å². The minimum Gasteiger partial charge on any atom is -0.480 e. The molecule has 0 aromatic heterocycles. The second-order valence-electron chi connectivity index (χ2n) is 6.39. The summed E-state index contributed by atoms with van der Waals surface area (Å²) in [6.45, 7) is 7.93. The van der Waals surface area contributed by atoms with Crippen LogP contribution in [0, 0.1) is 5.92 Å². The molecule has 2 atom stereocenters. The first-order valence-corrected chi connectivity index (χ1v) is 8.69. The Hall–Kier alpha value is -2.12. The van der Waals surface area contributed by atoms with Gasteiger partial charge in [-0.05, 0) is 23.6 Å². The lowest BCUT2D eigenvalue weighted by Crippen LogP contribution is -2.46. The molecule has 2 amide bonds. The van der Waals surface area contributed by atoms with Gasteiger partial charge in [-0.2, -0.15) is 0 Å². The van der Waals surface area contributed by atoms with E-state index in [-0.39, 0.29) is 5.92 Å². The molecule has 1 aromatic rings. The first-order chi connectivity index (χ1) is 12.0. The Balaban J connectivity index is 1.87. The van der Waals surface area contributed by atoms with Crippen molar-refractivity contribution in [3.63, 3.8) is 0 Å². The number of carboxylic acids is 1. The Morgan fingerprint density at radius 3 is 2.44 bits per heavy atom. The molecule has 0 bridgehead atoms. The van der Waals surface area contributed by atoms with Gasteiger partial charge in [-0.1, -0.05) is 32.4 Å². The van der Waals surface area contributed by atoms with Crippen LogP contribution in [0.2, 0.25) is 0 Å². The van der Waals surface area contributed by atoms with E-state index in [4.69, 9.17) is 4.74 Å². The van der Waals surface area contributed by atoms with Gasteiger partial charge in [-0.15, -0.1) is 0 Å². The fourth-order valence-corrected chi connectivity index (χ4v) is 2.70. The van der Waals surface area contributed by atoms with Gasteiger partial charge in [0.25, 0.3) is 0 Å². The van der Waals surface area contributed by atoms with Gasteiger partial charge in [0.1, 0.15) is 6.04 Å². The molecule has 7 nitrogen and oxygen atoms in total. The molecule has 1 aromatic carbocycles. The van der Waals surface area contributed by atoms with Gasteiger partial charge in [0.2, 0.25) is 0 Å². The van der Waals surface area contributed by atoms with Crippen LogP contribution in [0.4, 0.5) is 10.5 Å². The maximum atomic E-state index is 12.0. The number of nitrogens with zero attached hydrogens (tertiary/aromatic N) is 1. The van der Waals surface area contributed by atoms with Crippen LogP contribution in [-0.2, 0) is 16.1 Å². The van der Waals surface area contributed by atoms with E-state index in [2.05, 4.69) is 15.5 Å². The number of aliphatic carboxylic acids is 1. The highest BCUT2D eigenvalue weighted by Gasteiger charge is 2.25. The summed E-state index contributed by atoms with van der Waals surface area (Å²) in [5.41, 5.74) is 1.80. The van der Waals surface area contributed by atoms with Crippen molar-refractivity contribution < 1.29 is 19.4 Å². The summed E-state index contributed by atoms with van der Waals surface area (Å²) in [5, 5.41) is 14.4. The second kappa shape index (κ2) is 9.39. The van der Waals surface area contributed by atoms with Crippen molar-refractivity contribution in [3.05, 3.63) is 29.8 Å². The molecule has 0 aliphatic carbocycles. The minimum absolute atomic E-state index is 0.140. The minimum atomic E-state index is -1.02. The largest absolute Gasteiger partial charge is 0.480 e. The van der Waals surface area contributed by atoms with E-state index in [9.17, 15) is 14.7 Å². The lowest BCUT2D eigenvalue weighted by Gasteiger charge is -2.26. The van der Waals surface area contributed by atoms with E-state index in [0.717, 1.165) is 38.4 Å². The van der Waals surface area contributed by atoms with Gasteiger partial charge in [0, 0.05) is 25.3 Å². The third-order valence-corrected chi connectivity index (χ3v) is 4.49. The van der Waals surface area contributed by atoms with Gasteiger partial charge < -0.3 is 20.5 Å². The van der Waals surface area contributed by atoms with Gasteiger partial charge in [0.05, 0.1) is 13.2 Å². The summed E-state index contributed by atoms with van der Waals surface area (Å²) >= 11 is 0. The van der Waals surface area contributed by atoms with Crippen molar-refractivity contribution in [3.8, 4) is 0 Å². The Morgan fingerprint density at radius 1 is 1.24 bits per heavy atom. The molecule has 25 heavy (non-hydrogen) atoms. The monoisotopic (exact) mass is 349 g/mol. The Labute approximate surface area is 148 Å². The number of hydrogen-bond acceptors (Lipinski definition) is 4. The van der Waals surface area contributed by atoms with Crippen LogP contribution in [0.3, 0.4) is 0 Å². The lowest BCUT2D eigenvalue weighted by molar-refractivity contribution is -0.140. The number of morpholine rings is 1. The lowest BCUT2D eigenvalue weighted by atomic mass is 9.99. The zero-order chi connectivity index (χ0) is 18.2. The number of ether oxygens (including phenoxy) is 1. The van der Waals surface area contributed by atoms with Crippen molar-refractivity contribution in [2.24, 2.45) is 5.92 Å². The van der Waals surface area contributed by atoms with Crippen LogP contribution in [-0.4, -0.2) is 54.4 Å². The van der Waals surface area contributed by atoms with Gasteiger partial charge >= 0.3 is 12.0 Å². The number of amides is 2. The van der Waals surface area contributed by atoms with Crippen LogP contribution >= 0.6 is 0 Å². The number of carbonyl (C=O) groups excluding carboxylic acids is 1. The molecule has 0 spiro atoms. The number of nitrogens with one attached hydrogen (secondary N) is 2. The number of anilines is 1. The maximum Gasteiger partial charge on any atom is 0.326 e. The third kappa shape index (κ3) is 6.03. The van der Waals surface area contributed by atoms with Crippen molar-refractivity contribution in [1.82, 2.24) is 10.2 Å². The fourth-order valence-electron chi connectivity index (χ4n) is 2.70. The zero-order valence-electron chi connectivity index (χ0n) is 14.8. The fraction of sp³-hybridized carbons (Fsp3) is 0.556. The number of urea groups is 1. The normalized spacial score (nSPS) is 17.5. The second-order valence-corrected chi connectivity index (χ2v) is 6.39. The molecule has 2 unspecified atom stereocenters. The van der Waals surface area contributed by atoms with E-state index >= 15 is 0 Å². The topological polar surface area (TPSA) is 90.9 Å². The number of benzene rings is 1. The summed E-state index contributed by atoms with van der Waals surface area (Å²) < 4.78 is 5.34. The molecule has 1 fully saturated rings. The molecule has 1 heterocycles. The van der Waals surface area contributed by atoms with Gasteiger partial charge in [-0.25, -0.2) is 9.59 Å². The maximum absolute atomic E-state index is 12.0. The smallest absolute Gasteiger partial charge is 0.326 e. The molecule has 1 aliphatic rings. The van der Waals surface area contributed by atoms with Gasteiger partial charge in [-0.3, -0.25) is 4.90 Å². The quantitative estimate of drug-likeness (QED) is 0.702. The predicted octanol–water partition coefficient (Wildman–Crippen LogP) is 2.14. The molecule has 3 N–H and O–H groups in total. The van der Waals surface area contributed by atoms with Crippen molar-refractivity contribution in [2.75, 3.05) is 31.6 Å². The highest BCUT2D eigenvalue weighted by Crippen LogP contribution is 2.13. The molecule has 7 heteroatoms. The van der Waals surface area contributed by atoms with Crippen LogP contribution < -0.4 is 10.6 Å².